The first kappa shape index (κ1) is 24.0. The second-order valence-electron chi connectivity index (χ2n) is 7.68. The van der Waals surface area contributed by atoms with Crippen molar-refractivity contribution in [2.45, 2.75) is 19.7 Å². The number of morpholine rings is 1. The maximum absolute atomic E-state index is 13.0. The van der Waals surface area contributed by atoms with Crippen LogP contribution in [-0.4, -0.2) is 68.4 Å². The highest BCUT2D eigenvalue weighted by Crippen LogP contribution is 2.39. The molecule has 0 radical (unpaired) electrons. The van der Waals surface area contributed by atoms with E-state index in [0.29, 0.717) is 40.9 Å². The lowest BCUT2D eigenvalue weighted by molar-refractivity contribution is -0.128. The molecular formula is C23H27N5O5S. The summed E-state index contributed by atoms with van der Waals surface area (Å²) in [4.78, 5) is 35.6. The summed E-state index contributed by atoms with van der Waals surface area (Å²) >= 11 is 1.41. The van der Waals surface area contributed by atoms with Crippen LogP contribution in [0.15, 0.2) is 30.5 Å². The molecule has 11 heteroatoms. The number of carbonyl (C=O) groups excluding carboxylic acids is 2. The number of anilines is 2. The summed E-state index contributed by atoms with van der Waals surface area (Å²) in [6.07, 6.45) is 0.831. The lowest BCUT2D eigenvalue weighted by atomic mass is 10.2. The van der Waals surface area contributed by atoms with Gasteiger partial charge in [0, 0.05) is 38.5 Å². The number of hydrogen-bond donors (Lipinski definition) is 2. The Morgan fingerprint density at radius 3 is 2.74 bits per heavy atom. The Bertz CT molecular complexity index is 1180. The summed E-state index contributed by atoms with van der Waals surface area (Å²) in [6, 6.07) is 7.22. The fourth-order valence-corrected chi connectivity index (χ4v) is 4.74. The number of nitrogens with one attached hydrogen (secondary N) is 2. The van der Waals surface area contributed by atoms with E-state index in [4.69, 9.17) is 14.2 Å². The van der Waals surface area contributed by atoms with Gasteiger partial charge in [0.2, 0.25) is 0 Å². The molecule has 0 aliphatic carbocycles. The molecule has 1 aromatic carbocycles. The Labute approximate surface area is 201 Å². The number of nitrogens with zero attached hydrogens (tertiary/aromatic N) is 3. The van der Waals surface area contributed by atoms with Gasteiger partial charge in [-0.2, -0.15) is 0 Å². The van der Waals surface area contributed by atoms with Crippen molar-refractivity contribution in [3.8, 4) is 5.75 Å². The largest absolute Gasteiger partial charge is 0.494 e. The van der Waals surface area contributed by atoms with E-state index in [0.717, 1.165) is 23.5 Å². The third-order valence-corrected chi connectivity index (χ3v) is 6.42. The number of methoxy groups -OCH3 is 2. The van der Waals surface area contributed by atoms with Gasteiger partial charge < -0.3 is 19.1 Å². The number of amides is 1. The van der Waals surface area contributed by atoms with Crippen LogP contribution in [0.5, 0.6) is 5.75 Å². The van der Waals surface area contributed by atoms with Gasteiger partial charge in [-0.15, -0.1) is 0 Å². The Morgan fingerprint density at radius 2 is 2.03 bits per heavy atom. The molecule has 1 saturated heterocycles. The average Bonchev–Trinajstić information content (AvgIpc) is 3.28. The molecule has 3 aromatic rings. The Kier molecular flexibility index (Phi) is 7.68. The molecular weight excluding hydrogens is 458 g/mol. The van der Waals surface area contributed by atoms with Gasteiger partial charge in [0.25, 0.3) is 5.91 Å². The minimum absolute atomic E-state index is 0.140. The first-order valence-electron chi connectivity index (χ1n) is 10.8. The van der Waals surface area contributed by atoms with Crippen molar-refractivity contribution in [1.82, 2.24) is 15.3 Å². The number of ether oxygens (including phenoxy) is 3. The van der Waals surface area contributed by atoms with Gasteiger partial charge in [0.15, 0.2) is 17.1 Å². The number of hydrogen-bond acceptors (Lipinski definition) is 10. The van der Waals surface area contributed by atoms with Crippen molar-refractivity contribution < 1.29 is 23.8 Å². The predicted molar refractivity (Wildman–Crippen MR) is 130 cm³/mol. The van der Waals surface area contributed by atoms with Crippen molar-refractivity contribution in [2.24, 2.45) is 0 Å². The molecule has 3 heterocycles. The van der Waals surface area contributed by atoms with Gasteiger partial charge in [-0.1, -0.05) is 11.3 Å². The molecule has 1 amide bonds. The topological polar surface area (TPSA) is 115 Å². The summed E-state index contributed by atoms with van der Waals surface area (Å²) in [6.45, 7) is 4.65. The molecule has 2 aromatic heterocycles. The quantitative estimate of drug-likeness (QED) is 0.441. The minimum Gasteiger partial charge on any atom is -0.494 e. The molecule has 2 N–H and O–H groups in total. The predicted octanol–water partition coefficient (Wildman–Crippen LogP) is 2.44. The number of rotatable bonds is 9. The number of ketones is 1. The van der Waals surface area contributed by atoms with Crippen LogP contribution in [0.3, 0.4) is 0 Å². The SMILES string of the molecule is COc1ccc(N2CCOCC2)c2sc(NC(=O)c3ccnc(CNC(OC)C(C)=O)c3)nc12. The molecule has 0 bridgehead atoms. The number of benzene rings is 1. The fraction of sp³-hybridized carbons (Fsp3) is 0.391. The first-order chi connectivity index (χ1) is 16.5. The molecule has 180 valence electrons. The highest BCUT2D eigenvalue weighted by molar-refractivity contribution is 7.23. The number of carbonyl (C=O) groups is 2. The molecule has 0 spiro atoms. The van der Waals surface area contributed by atoms with Crippen LogP contribution >= 0.6 is 11.3 Å². The smallest absolute Gasteiger partial charge is 0.257 e. The van der Waals surface area contributed by atoms with Gasteiger partial charge in [-0.05, 0) is 31.2 Å². The molecule has 1 fully saturated rings. The molecule has 1 aliphatic rings. The van der Waals surface area contributed by atoms with Crippen molar-refractivity contribution in [3.05, 3.63) is 41.7 Å². The van der Waals surface area contributed by atoms with Crippen LogP contribution in [0.1, 0.15) is 23.0 Å². The number of Topliss-reactive ketones (excluding diaryl/α,β-unsaturated/α-hetero) is 1. The van der Waals surface area contributed by atoms with E-state index in [9.17, 15) is 9.59 Å². The Hall–Kier alpha value is -3.12. The average molecular weight is 486 g/mol. The number of aromatic nitrogens is 2. The summed E-state index contributed by atoms with van der Waals surface area (Å²) in [5, 5.41) is 6.34. The molecule has 1 aliphatic heterocycles. The van der Waals surface area contributed by atoms with E-state index in [-0.39, 0.29) is 18.2 Å². The lowest BCUT2D eigenvalue weighted by Gasteiger charge is -2.29. The fourth-order valence-electron chi connectivity index (χ4n) is 3.72. The highest BCUT2D eigenvalue weighted by atomic mass is 32.1. The van der Waals surface area contributed by atoms with E-state index >= 15 is 0 Å². The van der Waals surface area contributed by atoms with Crippen LogP contribution in [0, 0.1) is 0 Å². The maximum Gasteiger partial charge on any atom is 0.257 e. The summed E-state index contributed by atoms with van der Waals surface area (Å²) in [7, 11) is 3.06. The van der Waals surface area contributed by atoms with E-state index in [1.54, 1.807) is 25.4 Å². The van der Waals surface area contributed by atoms with E-state index in [2.05, 4.69) is 25.5 Å². The monoisotopic (exact) mass is 485 g/mol. The van der Waals surface area contributed by atoms with Crippen LogP contribution in [0.4, 0.5) is 10.8 Å². The maximum atomic E-state index is 13.0. The summed E-state index contributed by atoms with van der Waals surface area (Å²) in [5.41, 5.74) is 2.80. The van der Waals surface area contributed by atoms with Gasteiger partial charge in [0.05, 0.1) is 36.4 Å². The zero-order valence-electron chi connectivity index (χ0n) is 19.3. The first-order valence-corrected chi connectivity index (χ1v) is 11.6. The molecule has 1 unspecified atom stereocenters. The van der Waals surface area contributed by atoms with Crippen LogP contribution in [0.25, 0.3) is 10.2 Å². The third-order valence-electron chi connectivity index (χ3n) is 5.43. The van der Waals surface area contributed by atoms with E-state index in [1.165, 1.54) is 25.4 Å². The molecule has 0 saturated carbocycles. The zero-order chi connectivity index (χ0) is 24.1. The standard InChI is InChI=1S/C23H27N5O5S/c1-14(29)22(32-3)25-13-16-12-15(6-7-24-16)21(30)27-23-26-19-18(31-2)5-4-17(20(19)34-23)28-8-10-33-11-9-28/h4-7,12,22,25H,8-11,13H2,1-3H3,(H,26,27,30). The van der Waals surface area contributed by atoms with Crippen LogP contribution < -0.4 is 20.3 Å². The molecule has 34 heavy (non-hydrogen) atoms. The van der Waals surface area contributed by atoms with Gasteiger partial charge in [-0.3, -0.25) is 25.2 Å². The van der Waals surface area contributed by atoms with Crippen molar-refractivity contribution >= 4 is 44.1 Å². The number of pyridine rings is 1. The highest BCUT2D eigenvalue weighted by Gasteiger charge is 2.20. The Morgan fingerprint density at radius 1 is 1.24 bits per heavy atom. The number of fused-ring (bicyclic) bond motifs is 1. The molecule has 4 rings (SSSR count). The second kappa shape index (κ2) is 10.9. The molecule has 1 atom stereocenters. The Balaban J connectivity index is 1.53. The van der Waals surface area contributed by atoms with Crippen molar-refractivity contribution in [2.75, 3.05) is 50.7 Å². The second-order valence-corrected chi connectivity index (χ2v) is 8.68. The lowest BCUT2D eigenvalue weighted by Crippen LogP contribution is -2.36. The minimum atomic E-state index is -0.724. The summed E-state index contributed by atoms with van der Waals surface area (Å²) in [5.74, 6) is 0.211. The van der Waals surface area contributed by atoms with E-state index < -0.39 is 6.23 Å². The van der Waals surface area contributed by atoms with Crippen molar-refractivity contribution in [1.29, 1.82) is 0 Å². The van der Waals surface area contributed by atoms with Crippen LogP contribution in [0.2, 0.25) is 0 Å². The third kappa shape index (κ3) is 5.33. The van der Waals surface area contributed by atoms with Gasteiger partial charge >= 0.3 is 0 Å². The van der Waals surface area contributed by atoms with Gasteiger partial charge in [-0.25, -0.2) is 4.98 Å². The van der Waals surface area contributed by atoms with Gasteiger partial charge in [0.1, 0.15) is 11.3 Å². The van der Waals surface area contributed by atoms with E-state index in [1.807, 2.05) is 12.1 Å². The zero-order valence-corrected chi connectivity index (χ0v) is 20.1. The number of thiazole rings is 1. The normalized spacial score (nSPS) is 14.7. The van der Waals surface area contributed by atoms with Crippen LogP contribution in [-0.2, 0) is 20.8 Å². The van der Waals surface area contributed by atoms with Crippen molar-refractivity contribution in [3.63, 3.8) is 0 Å². The summed E-state index contributed by atoms with van der Waals surface area (Å²) < 4.78 is 17.0. The molecule has 10 nitrogen and oxygen atoms in total.